The molecule has 0 atom stereocenters. The maximum Gasteiger partial charge on any atom is 0.412 e. The smallest absolute Gasteiger partial charge is 0.412 e. The number of anilines is 1. The van der Waals surface area contributed by atoms with E-state index < -0.39 is 11.7 Å². The Balaban J connectivity index is 1.60. The molecule has 6 heteroatoms. The van der Waals surface area contributed by atoms with E-state index in [-0.39, 0.29) is 11.9 Å². The van der Waals surface area contributed by atoms with Crippen LogP contribution >= 0.6 is 0 Å². The summed E-state index contributed by atoms with van der Waals surface area (Å²) < 4.78 is 11.0. The van der Waals surface area contributed by atoms with Crippen molar-refractivity contribution in [1.29, 1.82) is 0 Å². The number of carbonyl (C=O) groups excluding carboxylic acids is 2. The Labute approximate surface area is 165 Å². The van der Waals surface area contributed by atoms with Gasteiger partial charge in [0.15, 0.2) is 5.76 Å². The van der Waals surface area contributed by atoms with Gasteiger partial charge in [-0.25, -0.2) is 4.79 Å². The van der Waals surface area contributed by atoms with Crippen LogP contribution in [-0.2, 0) is 4.74 Å². The van der Waals surface area contributed by atoms with Gasteiger partial charge < -0.3 is 14.5 Å². The highest BCUT2D eigenvalue weighted by molar-refractivity contribution is 5.92. The van der Waals surface area contributed by atoms with Crippen LogP contribution in [-0.4, -0.2) is 23.6 Å². The first kappa shape index (κ1) is 20.0. The molecule has 0 saturated heterocycles. The van der Waals surface area contributed by atoms with Crippen molar-refractivity contribution in [2.45, 2.75) is 64.5 Å². The molecule has 1 saturated carbocycles. The van der Waals surface area contributed by atoms with E-state index in [1.165, 1.54) is 6.42 Å². The predicted octanol–water partition coefficient (Wildman–Crippen LogP) is 5.36. The van der Waals surface area contributed by atoms with Crippen LogP contribution in [0.5, 0.6) is 0 Å². The van der Waals surface area contributed by atoms with Crippen molar-refractivity contribution in [3.63, 3.8) is 0 Å². The predicted molar refractivity (Wildman–Crippen MR) is 108 cm³/mol. The summed E-state index contributed by atoms with van der Waals surface area (Å²) in [5.74, 6) is 0.760. The van der Waals surface area contributed by atoms with Gasteiger partial charge in [-0.3, -0.25) is 10.1 Å². The first-order chi connectivity index (χ1) is 13.3. The highest BCUT2D eigenvalue weighted by Gasteiger charge is 2.19. The van der Waals surface area contributed by atoms with Gasteiger partial charge in [0.2, 0.25) is 0 Å². The molecule has 1 fully saturated rings. The number of furan rings is 1. The molecule has 0 unspecified atom stereocenters. The lowest BCUT2D eigenvalue weighted by molar-refractivity contribution is 0.0635. The van der Waals surface area contributed by atoms with Crippen LogP contribution in [0.4, 0.5) is 10.5 Å². The van der Waals surface area contributed by atoms with E-state index in [1.807, 2.05) is 32.9 Å². The van der Waals surface area contributed by atoms with Crippen molar-refractivity contribution < 1.29 is 18.7 Å². The van der Waals surface area contributed by atoms with E-state index in [2.05, 4.69) is 10.6 Å². The largest absolute Gasteiger partial charge is 0.451 e. The average molecular weight is 384 g/mol. The van der Waals surface area contributed by atoms with Gasteiger partial charge in [-0.05, 0) is 70.0 Å². The Hall–Kier alpha value is -2.76. The Morgan fingerprint density at radius 3 is 2.32 bits per heavy atom. The third-order valence-corrected chi connectivity index (χ3v) is 4.58. The zero-order valence-corrected chi connectivity index (χ0v) is 16.7. The molecule has 1 heterocycles. The highest BCUT2D eigenvalue weighted by Crippen LogP contribution is 2.25. The van der Waals surface area contributed by atoms with E-state index in [0.717, 1.165) is 31.2 Å². The van der Waals surface area contributed by atoms with E-state index in [0.29, 0.717) is 17.2 Å². The second-order valence-electron chi connectivity index (χ2n) is 8.18. The fourth-order valence-corrected chi connectivity index (χ4v) is 3.26. The van der Waals surface area contributed by atoms with Gasteiger partial charge >= 0.3 is 6.09 Å². The summed E-state index contributed by atoms with van der Waals surface area (Å²) in [4.78, 5) is 24.2. The minimum atomic E-state index is -0.549. The molecule has 0 bridgehead atoms. The second kappa shape index (κ2) is 8.50. The summed E-state index contributed by atoms with van der Waals surface area (Å²) >= 11 is 0. The minimum Gasteiger partial charge on any atom is -0.451 e. The van der Waals surface area contributed by atoms with Gasteiger partial charge in [-0.15, -0.1) is 0 Å². The van der Waals surface area contributed by atoms with Crippen molar-refractivity contribution in [1.82, 2.24) is 5.32 Å². The molecule has 0 spiro atoms. The van der Waals surface area contributed by atoms with Crippen LogP contribution in [0.15, 0.2) is 40.8 Å². The molecule has 1 aliphatic rings. The first-order valence-corrected chi connectivity index (χ1v) is 9.81. The quantitative estimate of drug-likeness (QED) is 0.744. The number of hydrogen-bond acceptors (Lipinski definition) is 4. The van der Waals surface area contributed by atoms with Crippen molar-refractivity contribution in [3.05, 3.63) is 42.2 Å². The van der Waals surface area contributed by atoms with Gasteiger partial charge in [0.1, 0.15) is 11.4 Å². The van der Waals surface area contributed by atoms with Crippen LogP contribution < -0.4 is 10.6 Å². The molecule has 6 nitrogen and oxygen atoms in total. The number of nitrogens with one attached hydrogen (secondary N) is 2. The second-order valence-corrected chi connectivity index (χ2v) is 8.18. The summed E-state index contributed by atoms with van der Waals surface area (Å²) in [6.45, 7) is 5.44. The zero-order chi connectivity index (χ0) is 20.1. The van der Waals surface area contributed by atoms with E-state index in [1.54, 1.807) is 24.3 Å². The van der Waals surface area contributed by atoms with Gasteiger partial charge in [0.25, 0.3) is 5.91 Å². The lowest BCUT2D eigenvalue weighted by Gasteiger charge is -2.22. The van der Waals surface area contributed by atoms with E-state index in [9.17, 15) is 9.59 Å². The monoisotopic (exact) mass is 384 g/mol. The van der Waals surface area contributed by atoms with Crippen LogP contribution in [0.2, 0.25) is 0 Å². The number of ether oxygens (including phenoxy) is 1. The molecule has 2 N–H and O–H groups in total. The van der Waals surface area contributed by atoms with Gasteiger partial charge in [-0.1, -0.05) is 19.3 Å². The summed E-state index contributed by atoms with van der Waals surface area (Å²) in [6, 6.07) is 10.9. The molecular formula is C22H28N2O4. The van der Waals surface area contributed by atoms with Crippen LogP contribution in [0.3, 0.4) is 0 Å². The van der Waals surface area contributed by atoms with Crippen molar-refractivity contribution in [2.75, 3.05) is 5.32 Å². The average Bonchev–Trinajstić information content (AvgIpc) is 3.12. The fourth-order valence-electron chi connectivity index (χ4n) is 3.26. The fraction of sp³-hybridized carbons (Fsp3) is 0.455. The van der Waals surface area contributed by atoms with Crippen molar-refractivity contribution >= 4 is 17.7 Å². The number of benzene rings is 1. The maximum atomic E-state index is 12.4. The molecule has 3 rings (SSSR count). The normalized spacial score (nSPS) is 15.1. The Kier molecular flexibility index (Phi) is 6.07. The SMILES string of the molecule is CC(C)(C)OC(=O)Nc1ccc(-c2ccc(C(=O)NC3CCCCC3)o2)cc1. The van der Waals surface area contributed by atoms with Crippen molar-refractivity contribution in [2.24, 2.45) is 0 Å². The molecule has 150 valence electrons. The third kappa shape index (κ3) is 5.62. The Morgan fingerprint density at radius 2 is 1.68 bits per heavy atom. The van der Waals surface area contributed by atoms with Gasteiger partial charge in [-0.2, -0.15) is 0 Å². The summed E-state index contributed by atoms with van der Waals surface area (Å²) in [7, 11) is 0. The molecule has 0 radical (unpaired) electrons. The molecule has 2 aromatic rings. The minimum absolute atomic E-state index is 0.165. The lowest BCUT2D eigenvalue weighted by Crippen LogP contribution is -2.35. The molecule has 1 aromatic heterocycles. The number of carbonyl (C=O) groups is 2. The molecule has 28 heavy (non-hydrogen) atoms. The molecule has 1 aliphatic carbocycles. The number of hydrogen-bond donors (Lipinski definition) is 2. The van der Waals surface area contributed by atoms with E-state index >= 15 is 0 Å². The topological polar surface area (TPSA) is 80.6 Å². The molecule has 0 aliphatic heterocycles. The first-order valence-electron chi connectivity index (χ1n) is 9.81. The Morgan fingerprint density at radius 1 is 1.00 bits per heavy atom. The van der Waals surface area contributed by atoms with Crippen LogP contribution in [0.25, 0.3) is 11.3 Å². The molecular weight excluding hydrogens is 356 g/mol. The van der Waals surface area contributed by atoms with Crippen LogP contribution in [0, 0.1) is 0 Å². The summed E-state index contributed by atoms with van der Waals surface area (Å²) in [5, 5.41) is 5.75. The Bertz CT molecular complexity index is 812. The van der Waals surface area contributed by atoms with Crippen LogP contribution in [0.1, 0.15) is 63.4 Å². The summed E-state index contributed by atoms with van der Waals surface area (Å²) in [6.07, 6.45) is 5.14. The maximum absolute atomic E-state index is 12.4. The standard InChI is InChI=1S/C22H28N2O4/c1-22(2,3)28-21(26)24-17-11-9-15(10-12-17)18-13-14-19(27-18)20(25)23-16-7-5-4-6-8-16/h9-14,16H,4-8H2,1-3H3,(H,23,25)(H,24,26). The lowest BCUT2D eigenvalue weighted by atomic mass is 9.95. The third-order valence-electron chi connectivity index (χ3n) is 4.58. The zero-order valence-electron chi connectivity index (χ0n) is 16.7. The van der Waals surface area contributed by atoms with Crippen molar-refractivity contribution in [3.8, 4) is 11.3 Å². The molecule has 2 amide bonds. The highest BCUT2D eigenvalue weighted by atomic mass is 16.6. The summed E-state index contributed by atoms with van der Waals surface area (Å²) in [5.41, 5.74) is 0.901. The molecule has 1 aromatic carbocycles. The van der Waals surface area contributed by atoms with E-state index in [4.69, 9.17) is 9.15 Å². The van der Waals surface area contributed by atoms with Gasteiger partial charge in [0, 0.05) is 17.3 Å². The van der Waals surface area contributed by atoms with Gasteiger partial charge in [0.05, 0.1) is 0 Å². The number of amides is 2. The number of rotatable bonds is 4.